The van der Waals surface area contributed by atoms with Gasteiger partial charge in [0, 0.05) is 13.8 Å². The number of hydrogen-bond donors (Lipinski definition) is 2. The number of ether oxygens (including phenoxy) is 2. The lowest BCUT2D eigenvalue weighted by atomic mass is 9.85. The molecule has 128 valence electrons. The van der Waals surface area contributed by atoms with E-state index in [2.05, 4.69) is 5.32 Å². The minimum Gasteiger partial charge on any atom is -0.481 e. The molecule has 7 heteroatoms. The summed E-state index contributed by atoms with van der Waals surface area (Å²) in [5.41, 5.74) is -0.923. The first-order valence-electron chi connectivity index (χ1n) is 7.45. The van der Waals surface area contributed by atoms with Gasteiger partial charge in [-0.05, 0) is 19.3 Å². The average molecular weight is 317 g/mol. The number of amides is 1. The van der Waals surface area contributed by atoms with E-state index < -0.39 is 29.9 Å². The molecule has 0 radical (unpaired) electrons. The lowest BCUT2D eigenvalue weighted by molar-refractivity contribution is -0.162. The van der Waals surface area contributed by atoms with Crippen molar-refractivity contribution in [1.29, 1.82) is 0 Å². The molecule has 0 spiro atoms. The Kier molecular flexibility index (Phi) is 8.52. The predicted octanol–water partition coefficient (Wildman–Crippen LogP) is 2.68. The SMILES string of the molecule is CCCC(C)C[C@](C)(CC(=O)O)NC(=O)O[C@@H](C)OC(C)=O. The molecule has 0 aliphatic rings. The highest BCUT2D eigenvalue weighted by Crippen LogP contribution is 2.24. The van der Waals surface area contributed by atoms with Crippen LogP contribution in [0.2, 0.25) is 0 Å². The van der Waals surface area contributed by atoms with Crippen molar-refractivity contribution in [3.8, 4) is 0 Å². The normalized spacial score (nSPS) is 16.0. The molecule has 1 amide bonds. The molecule has 2 N–H and O–H groups in total. The Morgan fingerprint density at radius 1 is 1.23 bits per heavy atom. The average Bonchev–Trinajstić information content (AvgIpc) is 2.24. The number of esters is 1. The van der Waals surface area contributed by atoms with E-state index >= 15 is 0 Å². The molecule has 0 rings (SSSR count). The summed E-state index contributed by atoms with van der Waals surface area (Å²) < 4.78 is 9.59. The zero-order valence-corrected chi connectivity index (χ0v) is 14.0. The van der Waals surface area contributed by atoms with Gasteiger partial charge in [0.25, 0.3) is 0 Å². The lowest BCUT2D eigenvalue weighted by Crippen LogP contribution is -2.49. The third-order valence-corrected chi connectivity index (χ3v) is 3.13. The fraction of sp³-hybridized carbons (Fsp3) is 0.800. The largest absolute Gasteiger partial charge is 0.481 e. The monoisotopic (exact) mass is 317 g/mol. The van der Waals surface area contributed by atoms with Gasteiger partial charge in [-0.15, -0.1) is 0 Å². The second-order valence-electron chi connectivity index (χ2n) is 5.94. The van der Waals surface area contributed by atoms with Crippen LogP contribution in [-0.4, -0.2) is 35.0 Å². The van der Waals surface area contributed by atoms with Crippen LogP contribution in [0.25, 0.3) is 0 Å². The minimum atomic E-state index is -1.03. The molecule has 3 atom stereocenters. The van der Waals surface area contributed by atoms with Gasteiger partial charge in [0.2, 0.25) is 6.29 Å². The molecule has 0 aromatic heterocycles. The molecular weight excluding hydrogens is 290 g/mol. The number of carboxylic acid groups (broad SMARTS) is 1. The fourth-order valence-electron chi connectivity index (χ4n) is 2.55. The molecule has 0 aliphatic carbocycles. The van der Waals surface area contributed by atoms with Gasteiger partial charge in [0.05, 0.1) is 12.0 Å². The van der Waals surface area contributed by atoms with Crippen molar-refractivity contribution >= 4 is 18.0 Å². The molecule has 22 heavy (non-hydrogen) atoms. The van der Waals surface area contributed by atoms with Crippen LogP contribution in [-0.2, 0) is 19.1 Å². The minimum absolute atomic E-state index is 0.210. The van der Waals surface area contributed by atoms with Gasteiger partial charge in [-0.1, -0.05) is 26.7 Å². The highest BCUT2D eigenvalue weighted by Gasteiger charge is 2.32. The van der Waals surface area contributed by atoms with Crippen molar-refractivity contribution in [2.45, 2.75) is 72.1 Å². The van der Waals surface area contributed by atoms with E-state index in [1.807, 2.05) is 13.8 Å². The van der Waals surface area contributed by atoms with Crippen LogP contribution in [0.4, 0.5) is 4.79 Å². The molecule has 0 bridgehead atoms. The van der Waals surface area contributed by atoms with Crippen LogP contribution in [0.15, 0.2) is 0 Å². The summed E-state index contributed by atoms with van der Waals surface area (Å²) >= 11 is 0. The van der Waals surface area contributed by atoms with Gasteiger partial charge < -0.3 is 19.9 Å². The summed E-state index contributed by atoms with van der Waals surface area (Å²) in [5.74, 6) is -1.30. The Morgan fingerprint density at radius 2 is 1.82 bits per heavy atom. The lowest BCUT2D eigenvalue weighted by Gasteiger charge is -2.32. The highest BCUT2D eigenvalue weighted by molar-refractivity contribution is 5.73. The van der Waals surface area contributed by atoms with Gasteiger partial charge >= 0.3 is 18.0 Å². The van der Waals surface area contributed by atoms with Crippen molar-refractivity contribution in [3.05, 3.63) is 0 Å². The quantitative estimate of drug-likeness (QED) is 0.501. The number of hydrogen-bond acceptors (Lipinski definition) is 5. The molecule has 0 saturated carbocycles. The Hall–Kier alpha value is -1.79. The van der Waals surface area contributed by atoms with Gasteiger partial charge in [0.1, 0.15) is 0 Å². The van der Waals surface area contributed by atoms with Crippen LogP contribution in [0, 0.1) is 5.92 Å². The van der Waals surface area contributed by atoms with E-state index in [0.717, 1.165) is 12.8 Å². The van der Waals surface area contributed by atoms with Gasteiger partial charge in [-0.2, -0.15) is 0 Å². The summed E-state index contributed by atoms with van der Waals surface area (Å²) in [4.78, 5) is 33.7. The molecule has 0 fully saturated rings. The first-order valence-corrected chi connectivity index (χ1v) is 7.45. The molecule has 0 aromatic carbocycles. The Labute approximate surface area is 131 Å². The number of rotatable bonds is 9. The first kappa shape index (κ1) is 20.2. The molecule has 0 aromatic rings. The van der Waals surface area contributed by atoms with Crippen LogP contribution >= 0.6 is 0 Å². The van der Waals surface area contributed by atoms with Crippen molar-refractivity contribution in [2.75, 3.05) is 0 Å². The van der Waals surface area contributed by atoms with E-state index in [1.54, 1.807) is 6.92 Å². The second-order valence-corrected chi connectivity index (χ2v) is 5.94. The first-order chi connectivity index (χ1) is 10.1. The third kappa shape index (κ3) is 9.20. The number of nitrogens with one attached hydrogen (secondary N) is 1. The summed E-state index contributed by atoms with van der Waals surface area (Å²) in [6, 6.07) is 0. The third-order valence-electron chi connectivity index (χ3n) is 3.13. The van der Waals surface area contributed by atoms with Crippen molar-refractivity contribution in [1.82, 2.24) is 5.32 Å². The summed E-state index contributed by atoms with van der Waals surface area (Å²) in [5, 5.41) is 11.6. The number of carboxylic acids is 1. The summed E-state index contributed by atoms with van der Waals surface area (Å²) in [6.07, 6.45) is 0.400. The molecule has 7 nitrogen and oxygen atoms in total. The maximum absolute atomic E-state index is 11.9. The van der Waals surface area contributed by atoms with Crippen molar-refractivity contribution < 1.29 is 29.0 Å². The Morgan fingerprint density at radius 3 is 2.27 bits per heavy atom. The second kappa shape index (κ2) is 9.27. The topological polar surface area (TPSA) is 102 Å². The summed E-state index contributed by atoms with van der Waals surface area (Å²) in [7, 11) is 0. The molecular formula is C15H27NO6. The maximum atomic E-state index is 11.9. The van der Waals surface area contributed by atoms with Crippen molar-refractivity contribution in [3.63, 3.8) is 0 Å². The fourth-order valence-corrected chi connectivity index (χ4v) is 2.55. The van der Waals surface area contributed by atoms with E-state index in [1.165, 1.54) is 13.8 Å². The highest BCUT2D eigenvalue weighted by atomic mass is 16.7. The van der Waals surface area contributed by atoms with Crippen LogP contribution < -0.4 is 5.32 Å². The Bertz CT molecular complexity index is 397. The molecule has 0 heterocycles. The number of carbonyl (C=O) groups is 3. The van der Waals surface area contributed by atoms with E-state index in [-0.39, 0.29) is 12.3 Å². The van der Waals surface area contributed by atoms with Gasteiger partial charge in [-0.25, -0.2) is 4.79 Å². The smallest absolute Gasteiger partial charge is 0.410 e. The van der Waals surface area contributed by atoms with Gasteiger partial charge in [0.15, 0.2) is 0 Å². The van der Waals surface area contributed by atoms with Crippen molar-refractivity contribution in [2.24, 2.45) is 5.92 Å². The number of aliphatic carboxylic acids is 1. The standard InChI is InChI=1S/C15H27NO6/c1-6-7-10(2)8-15(5,9-13(18)19)16-14(20)22-12(4)21-11(3)17/h10,12H,6-9H2,1-5H3,(H,16,20)(H,18,19)/t10?,12-,15+/m0/s1. The maximum Gasteiger partial charge on any atom is 0.410 e. The van der Waals surface area contributed by atoms with Crippen LogP contribution in [0.5, 0.6) is 0 Å². The molecule has 0 aliphatic heterocycles. The van der Waals surface area contributed by atoms with Crippen LogP contribution in [0.1, 0.15) is 60.3 Å². The Balaban J connectivity index is 4.71. The zero-order valence-electron chi connectivity index (χ0n) is 14.0. The predicted molar refractivity (Wildman–Crippen MR) is 80.2 cm³/mol. The van der Waals surface area contributed by atoms with E-state index in [9.17, 15) is 14.4 Å². The van der Waals surface area contributed by atoms with Crippen LogP contribution in [0.3, 0.4) is 0 Å². The van der Waals surface area contributed by atoms with E-state index in [0.29, 0.717) is 6.42 Å². The molecule has 1 unspecified atom stereocenters. The van der Waals surface area contributed by atoms with Gasteiger partial charge in [-0.3, -0.25) is 9.59 Å². The van der Waals surface area contributed by atoms with E-state index in [4.69, 9.17) is 14.6 Å². The number of carbonyl (C=O) groups excluding carboxylic acids is 2. The zero-order chi connectivity index (χ0) is 17.3. The number of alkyl carbamates (subject to hydrolysis) is 1. The summed E-state index contributed by atoms with van der Waals surface area (Å²) in [6.45, 7) is 8.35. The molecule has 0 saturated heterocycles.